The number of amides is 2. The van der Waals surface area contributed by atoms with Gasteiger partial charge in [0.2, 0.25) is 0 Å². The summed E-state index contributed by atoms with van der Waals surface area (Å²) in [6.07, 6.45) is 1.73. The number of nitrogens with zero attached hydrogens (tertiary/aromatic N) is 1. The first-order valence-corrected chi connectivity index (χ1v) is 8.33. The molecule has 0 aromatic heterocycles. The number of rotatable bonds is 2. The Bertz CT molecular complexity index is 848. The van der Waals surface area contributed by atoms with E-state index in [-0.39, 0.29) is 11.1 Å². The van der Waals surface area contributed by atoms with Crippen LogP contribution in [-0.2, 0) is 4.79 Å². The van der Waals surface area contributed by atoms with Gasteiger partial charge in [-0.05, 0) is 54.1 Å². The molecule has 1 aliphatic rings. The number of hydrogen-bond donors (Lipinski definition) is 0. The first-order chi connectivity index (χ1) is 11.0. The highest BCUT2D eigenvalue weighted by molar-refractivity contribution is 8.19. The Balaban J connectivity index is 1.97. The van der Waals surface area contributed by atoms with Gasteiger partial charge in [-0.25, -0.2) is 4.90 Å². The van der Waals surface area contributed by atoms with Crippen molar-refractivity contribution >= 4 is 57.9 Å². The lowest BCUT2D eigenvalue weighted by Crippen LogP contribution is -2.27. The van der Waals surface area contributed by atoms with Crippen LogP contribution in [0.4, 0.5) is 10.5 Å². The topological polar surface area (TPSA) is 37.4 Å². The van der Waals surface area contributed by atoms with E-state index < -0.39 is 0 Å². The van der Waals surface area contributed by atoms with E-state index in [4.69, 9.17) is 23.2 Å². The zero-order valence-electron chi connectivity index (χ0n) is 12.0. The first kappa shape index (κ1) is 16.1. The van der Waals surface area contributed by atoms with E-state index in [9.17, 15) is 9.59 Å². The zero-order chi connectivity index (χ0) is 16.6. The van der Waals surface area contributed by atoms with E-state index in [0.29, 0.717) is 20.6 Å². The molecule has 3 nitrogen and oxygen atoms in total. The van der Waals surface area contributed by atoms with E-state index in [1.54, 1.807) is 18.2 Å². The minimum atomic E-state index is -0.360. The lowest BCUT2D eigenvalue weighted by Gasteiger charge is -2.13. The number of hydrogen-bond acceptors (Lipinski definition) is 3. The first-order valence-electron chi connectivity index (χ1n) is 6.76. The predicted octanol–water partition coefficient (Wildman–Crippen LogP) is 5.54. The van der Waals surface area contributed by atoms with Gasteiger partial charge in [0.05, 0.1) is 20.6 Å². The average molecular weight is 364 g/mol. The number of carbonyl (C=O) groups excluding carboxylic acids is 2. The smallest absolute Gasteiger partial charge is 0.268 e. The maximum absolute atomic E-state index is 12.6. The van der Waals surface area contributed by atoms with Crippen molar-refractivity contribution in [2.45, 2.75) is 6.92 Å². The van der Waals surface area contributed by atoms with Crippen LogP contribution in [-0.4, -0.2) is 11.1 Å². The average Bonchev–Trinajstić information content (AvgIpc) is 2.79. The van der Waals surface area contributed by atoms with Gasteiger partial charge < -0.3 is 0 Å². The highest BCUT2D eigenvalue weighted by Crippen LogP contribution is 2.37. The van der Waals surface area contributed by atoms with Crippen molar-refractivity contribution in [1.82, 2.24) is 0 Å². The number of aryl methyl sites for hydroxylation is 1. The molecule has 0 bridgehead atoms. The van der Waals surface area contributed by atoms with Gasteiger partial charge in [0.25, 0.3) is 11.1 Å². The summed E-state index contributed by atoms with van der Waals surface area (Å²) in [4.78, 5) is 26.3. The van der Waals surface area contributed by atoms with E-state index in [2.05, 4.69) is 0 Å². The Hall–Kier alpha value is -1.75. The molecule has 0 unspecified atom stereocenters. The molecule has 2 aromatic carbocycles. The molecule has 0 N–H and O–H groups in total. The van der Waals surface area contributed by atoms with Gasteiger partial charge in [-0.3, -0.25) is 9.59 Å². The van der Waals surface area contributed by atoms with Gasteiger partial charge in [0.1, 0.15) is 0 Å². The number of carbonyl (C=O) groups is 2. The molecule has 6 heteroatoms. The molecule has 1 saturated heterocycles. The summed E-state index contributed by atoms with van der Waals surface area (Å²) in [7, 11) is 0. The van der Waals surface area contributed by atoms with Gasteiger partial charge in [0, 0.05) is 0 Å². The van der Waals surface area contributed by atoms with Crippen molar-refractivity contribution in [1.29, 1.82) is 0 Å². The molecule has 1 heterocycles. The molecule has 2 amide bonds. The normalized spacial score (nSPS) is 16.5. The lowest BCUT2D eigenvalue weighted by atomic mass is 10.1. The number of halogens is 2. The molecule has 23 heavy (non-hydrogen) atoms. The van der Waals surface area contributed by atoms with E-state index in [1.165, 1.54) is 6.07 Å². The molecule has 2 aromatic rings. The number of thioether (sulfide) groups is 1. The summed E-state index contributed by atoms with van der Waals surface area (Å²) in [5, 5.41) is 0.317. The third kappa shape index (κ3) is 3.15. The van der Waals surface area contributed by atoms with Crippen molar-refractivity contribution in [3.63, 3.8) is 0 Å². The summed E-state index contributed by atoms with van der Waals surface area (Å²) in [5.41, 5.74) is 2.36. The number of imide groups is 1. The fourth-order valence-electron chi connectivity index (χ4n) is 2.20. The SMILES string of the molecule is Cc1ccccc1/C=C1\SC(=O)N(c2ccc(Cl)c(Cl)c2)C1=O. The summed E-state index contributed by atoms with van der Waals surface area (Å²) in [6, 6.07) is 12.3. The van der Waals surface area contributed by atoms with Crippen molar-refractivity contribution in [2.75, 3.05) is 4.90 Å². The van der Waals surface area contributed by atoms with Crippen LogP contribution in [0.15, 0.2) is 47.4 Å². The molecule has 0 saturated carbocycles. The van der Waals surface area contributed by atoms with E-state index in [1.807, 2.05) is 31.2 Å². The van der Waals surface area contributed by atoms with Crippen molar-refractivity contribution in [3.8, 4) is 0 Å². The fraction of sp³-hybridized carbons (Fsp3) is 0.0588. The minimum absolute atomic E-state index is 0.297. The largest absolute Gasteiger partial charge is 0.298 e. The second kappa shape index (κ2) is 6.40. The monoisotopic (exact) mass is 363 g/mol. The van der Waals surface area contributed by atoms with Crippen LogP contribution < -0.4 is 4.90 Å². The second-order valence-electron chi connectivity index (χ2n) is 4.97. The Labute approximate surface area is 147 Å². The predicted molar refractivity (Wildman–Crippen MR) is 96.1 cm³/mol. The molecule has 3 rings (SSSR count). The lowest BCUT2D eigenvalue weighted by molar-refractivity contribution is -0.113. The van der Waals surface area contributed by atoms with Crippen molar-refractivity contribution in [3.05, 3.63) is 68.5 Å². The Morgan fingerprint density at radius 1 is 1.04 bits per heavy atom. The minimum Gasteiger partial charge on any atom is -0.268 e. The molecule has 0 radical (unpaired) electrons. The molecule has 0 atom stereocenters. The van der Waals surface area contributed by atoms with Crippen LogP contribution in [0.3, 0.4) is 0 Å². The Morgan fingerprint density at radius 2 is 1.78 bits per heavy atom. The molecule has 0 aliphatic carbocycles. The summed E-state index contributed by atoms with van der Waals surface area (Å²) < 4.78 is 0. The van der Waals surface area contributed by atoms with Gasteiger partial charge in [-0.2, -0.15) is 0 Å². The van der Waals surface area contributed by atoms with Gasteiger partial charge >= 0.3 is 0 Å². The van der Waals surface area contributed by atoms with Gasteiger partial charge in [0.15, 0.2) is 0 Å². The standard InChI is InChI=1S/C17H11Cl2NO2S/c1-10-4-2-3-5-11(10)8-15-16(21)20(17(22)23-15)12-6-7-13(18)14(19)9-12/h2-9H,1H3/b15-8-. The van der Waals surface area contributed by atoms with Crippen LogP contribution in [0.5, 0.6) is 0 Å². The maximum Gasteiger partial charge on any atom is 0.298 e. The van der Waals surface area contributed by atoms with Crippen molar-refractivity contribution in [2.24, 2.45) is 0 Å². The summed E-state index contributed by atoms with van der Waals surface area (Å²) in [6.45, 7) is 1.95. The van der Waals surface area contributed by atoms with Crippen LogP contribution in [0.1, 0.15) is 11.1 Å². The number of anilines is 1. The highest BCUT2D eigenvalue weighted by Gasteiger charge is 2.36. The van der Waals surface area contributed by atoms with Crippen LogP contribution >= 0.6 is 35.0 Å². The van der Waals surface area contributed by atoms with E-state index >= 15 is 0 Å². The van der Waals surface area contributed by atoms with Crippen LogP contribution in [0.25, 0.3) is 6.08 Å². The van der Waals surface area contributed by atoms with Crippen LogP contribution in [0, 0.1) is 6.92 Å². The molecule has 116 valence electrons. The molecule has 1 fully saturated rings. The Morgan fingerprint density at radius 3 is 2.48 bits per heavy atom. The van der Waals surface area contributed by atoms with Crippen LogP contribution in [0.2, 0.25) is 10.0 Å². The van der Waals surface area contributed by atoms with E-state index in [0.717, 1.165) is 27.8 Å². The molecule has 0 spiro atoms. The second-order valence-corrected chi connectivity index (χ2v) is 6.78. The third-order valence-electron chi connectivity index (χ3n) is 3.43. The fourth-order valence-corrected chi connectivity index (χ4v) is 3.33. The quantitative estimate of drug-likeness (QED) is 0.657. The summed E-state index contributed by atoms with van der Waals surface area (Å²) in [5.74, 6) is -0.360. The molecular weight excluding hydrogens is 353 g/mol. The van der Waals surface area contributed by atoms with Gasteiger partial charge in [-0.15, -0.1) is 0 Å². The van der Waals surface area contributed by atoms with Crippen molar-refractivity contribution < 1.29 is 9.59 Å². The maximum atomic E-state index is 12.6. The Kier molecular flexibility index (Phi) is 4.48. The zero-order valence-corrected chi connectivity index (χ0v) is 14.4. The van der Waals surface area contributed by atoms with Gasteiger partial charge in [-0.1, -0.05) is 47.5 Å². The summed E-state index contributed by atoms with van der Waals surface area (Å²) >= 11 is 12.8. The molecule has 1 aliphatic heterocycles. The third-order valence-corrected chi connectivity index (χ3v) is 5.04. The number of benzene rings is 2. The highest BCUT2D eigenvalue weighted by atomic mass is 35.5. The molecular formula is C17H11Cl2NO2S.